The van der Waals surface area contributed by atoms with Gasteiger partial charge >= 0.3 is 0 Å². The standard InChI is InChI=1S/C11H13Cl2N/c1-7-5-14-6-9(7)8-2-3-10(12)11(13)4-8/h2-4,7,9,14H,5-6H2,1H3. The van der Waals surface area contributed by atoms with Crippen LogP contribution in [0.3, 0.4) is 0 Å². The van der Waals surface area contributed by atoms with Crippen molar-refractivity contribution in [3.05, 3.63) is 33.8 Å². The van der Waals surface area contributed by atoms with Crippen LogP contribution in [0.2, 0.25) is 10.0 Å². The summed E-state index contributed by atoms with van der Waals surface area (Å²) in [5, 5.41) is 4.67. The van der Waals surface area contributed by atoms with E-state index in [1.165, 1.54) is 5.56 Å². The second-order valence-corrected chi connectivity index (χ2v) is 4.73. The molecule has 0 bridgehead atoms. The van der Waals surface area contributed by atoms with E-state index in [0.717, 1.165) is 13.1 Å². The molecule has 14 heavy (non-hydrogen) atoms. The molecule has 1 nitrogen and oxygen atoms in total. The smallest absolute Gasteiger partial charge is 0.0595 e. The van der Waals surface area contributed by atoms with Crippen LogP contribution in [0.5, 0.6) is 0 Å². The summed E-state index contributed by atoms with van der Waals surface area (Å²) in [6.07, 6.45) is 0. The molecule has 1 aromatic carbocycles. The zero-order valence-corrected chi connectivity index (χ0v) is 9.57. The normalized spacial score (nSPS) is 26.8. The number of benzene rings is 1. The van der Waals surface area contributed by atoms with Crippen molar-refractivity contribution in [1.82, 2.24) is 5.32 Å². The van der Waals surface area contributed by atoms with E-state index in [0.29, 0.717) is 21.9 Å². The van der Waals surface area contributed by atoms with Crippen molar-refractivity contribution in [2.45, 2.75) is 12.8 Å². The number of nitrogens with one attached hydrogen (secondary N) is 1. The molecule has 0 aromatic heterocycles. The monoisotopic (exact) mass is 229 g/mol. The van der Waals surface area contributed by atoms with E-state index in [1.54, 1.807) is 0 Å². The summed E-state index contributed by atoms with van der Waals surface area (Å²) in [4.78, 5) is 0. The predicted molar refractivity (Wildman–Crippen MR) is 61.2 cm³/mol. The van der Waals surface area contributed by atoms with E-state index >= 15 is 0 Å². The summed E-state index contributed by atoms with van der Waals surface area (Å²) in [6.45, 7) is 4.39. The van der Waals surface area contributed by atoms with Crippen LogP contribution in [0, 0.1) is 5.92 Å². The Kier molecular flexibility index (Phi) is 3.01. The van der Waals surface area contributed by atoms with Gasteiger partial charge in [-0.1, -0.05) is 36.2 Å². The maximum atomic E-state index is 5.99. The van der Waals surface area contributed by atoms with Crippen LogP contribution in [0.15, 0.2) is 18.2 Å². The van der Waals surface area contributed by atoms with E-state index in [4.69, 9.17) is 23.2 Å². The highest BCUT2D eigenvalue weighted by atomic mass is 35.5. The minimum atomic E-state index is 0.574. The first kappa shape index (κ1) is 10.3. The summed E-state index contributed by atoms with van der Waals surface area (Å²) >= 11 is 11.9. The molecule has 0 radical (unpaired) electrons. The van der Waals surface area contributed by atoms with Gasteiger partial charge in [-0.2, -0.15) is 0 Å². The molecule has 1 aliphatic heterocycles. The minimum Gasteiger partial charge on any atom is -0.316 e. The minimum absolute atomic E-state index is 0.574. The average Bonchev–Trinajstić information content (AvgIpc) is 2.57. The summed E-state index contributed by atoms with van der Waals surface area (Å²) in [7, 11) is 0. The molecular formula is C11H13Cl2N. The van der Waals surface area contributed by atoms with Crippen LogP contribution in [-0.4, -0.2) is 13.1 Å². The maximum absolute atomic E-state index is 5.99. The second kappa shape index (κ2) is 4.09. The molecule has 76 valence electrons. The Hall–Kier alpha value is -0.240. The molecule has 2 unspecified atom stereocenters. The van der Waals surface area contributed by atoms with E-state index in [-0.39, 0.29) is 0 Å². The number of halogens is 2. The van der Waals surface area contributed by atoms with Gasteiger partial charge in [0.1, 0.15) is 0 Å². The Balaban J connectivity index is 2.28. The molecule has 3 heteroatoms. The zero-order valence-electron chi connectivity index (χ0n) is 8.06. The van der Waals surface area contributed by atoms with Gasteiger partial charge in [-0.05, 0) is 30.2 Å². The summed E-state index contributed by atoms with van der Waals surface area (Å²) < 4.78 is 0. The lowest BCUT2D eigenvalue weighted by Crippen LogP contribution is -2.07. The largest absolute Gasteiger partial charge is 0.316 e. The molecule has 0 amide bonds. The van der Waals surface area contributed by atoms with Gasteiger partial charge in [0.15, 0.2) is 0 Å². The van der Waals surface area contributed by atoms with Crippen LogP contribution in [0.25, 0.3) is 0 Å². The van der Waals surface area contributed by atoms with Crippen molar-refractivity contribution in [3.8, 4) is 0 Å². The van der Waals surface area contributed by atoms with Crippen molar-refractivity contribution in [2.75, 3.05) is 13.1 Å². The first-order chi connectivity index (χ1) is 6.68. The second-order valence-electron chi connectivity index (χ2n) is 3.92. The van der Waals surface area contributed by atoms with Crippen LogP contribution in [0.4, 0.5) is 0 Å². The molecule has 1 heterocycles. The van der Waals surface area contributed by atoms with E-state index in [1.807, 2.05) is 12.1 Å². The Bertz CT molecular complexity index is 338. The molecule has 1 fully saturated rings. The first-order valence-electron chi connectivity index (χ1n) is 4.84. The third kappa shape index (κ3) is 1.90. The Morgan fingerprint density at radius 1 is 1.21 bits per heavy atom. The molecule has 2 rings (SSSR count). The average molecular weight is 230 g/mol. The predicted octanol–water partition coefficient (Wildman–Crippen LogP) is 3.32. The Morgan fingerprint density at radius 2 is 2.00 bits per heavy atom. The van der Waals surface area contributed by atoms with Gasteiger partial charge in [-0.15, -0.1) is 0 Å². The van der Waals surface area contributed by atoms with Crippen molar-refractivity contribution >= 4 is 23.2 Å². The van der Waals surface area contributed by atoms with Gasteiger partial charge < -0.3 is 5.32 Å². The molecule has 1 aliphatic rings. The van der Waals surface area contributed by atoms with Crippen LogP contribution >= 0.6 is 23.2 Å². The molecule has 1 N–H and O–H groups in total. The summed E-state index contributed by atoms with van der Waals surface area (Å²) in [5.41, 5.74) is 1.29. The van der Waals surface area contributed by atoms with Gasteiger partial charge in [0.05, 0.1) is 10.0 Å². The van der Waals surface area contributed by atoms with Crippen molar-refractivity contribution in [1.29, 1.82) is 0 Å². The SMILES string of the molecule is CC1CNCC1c1ccc(Cl)c(Cl)c1. The molecule has 0 spiro atoms. The molecule has 1 saturated heterocycles. The van der Waals surface area contributed by atoms with Gasteiger partial charge in [-0.3, -0.25) is 0 Å². The highest BCUT2D eigenvalue weighted by molar-refractivity contribution is 6.42. The van der Waals surface area contributed by atoms with Crippen LogP contribution in [0.1, 0.15) is 18.4 Å². The molecule has 0 aliphatic carbocycles. The van der Waals surface area contributed by atoms with Crippen molar-refractivity contribution < 1.29 is 0 Å². The van der Waals surface area contributed by atoms with Gasteiger partial charge in [0.25, 0.3) is 0 Å². The Morgan fingerprint density at radius 3 is 2.57 bits per heavy atom. The van der Waals surface area contributed by atoms with Crippen molar-refractivity contribution in [3.63, 3.8) is 0 Å². The highest BCUT2D eigenvalue weighted by Gasteiger charge is 2.24. The Labute approximate surface area is 94.4 Å². The lowest BCUT2D eigenvalue weighted by atomic mass is 9.90. The molecule has 1 aromatic rings. The third-order valence-corrected chi connectivity index (χ3v) is 3.63. The van der Waals surface area contributed by atoms with Crippen LogP contribution in [-0.2, 0) is 0 Å². The maximum Gasteiger partial charge on any atom is 0.0595 e. The topological polar surface area (TPSA) is 12.0 Å². The molecular weight excluding hydrogens is 217 g/mol. The van der Waals surface area contributed by atoms with Gasteiger partial charge in [-0.25, -0.2) is 0 Å². The van der Waals surface area contributed by atoms with E-state index in [9.17, 15) is 0 Å². The first-order valence-corrected chi connectivity index (χ1v) is 5.59. The van der Waals surface area contributed by atoms with Gasteiger partial charge in [0.2, 0.25) is 0 Å². The lowest BCUT2D eigenvalue weighted by molar-refractivity contribution is 0.572. The molecule has 2 atom stereocenters. The van der Waals surface area contributed by atoms with Crippen LogP contribution < -0.4 is 5.32 Å². The number of rotatable bonds is 1. The van der Waals surface area contributed by atoms with Gasteiger partial charge in [0, 0.05) is 12.5 Å². The fourth-order valence-corrected chi connectivity index (χ4v) is 2.31. The van der Waals surface area contributed by atoms with Crippen molar-refractivity contribution in [2.24, 2.45) is 5.92 Å². The number of hydrogen-bond acceptors (Lipinski definition) is 1. The summed E-state index contributed by atoms with van der Waals surface area (Å²) in [5.74, 6) is 1.25. The third-order valence-electron chi connectivity index (χ3n) is 2.89. The number of hydrogen-bond donors (Lipinski definition) is 1. The summed E-state index contributed by atoms with van der Waals surface area (Å²) in [6, 6.07) is 5.94. The quantitative estimate of drug-likeness (QED) is 0.780. The zero-order chi connectivity index (χ0) is 10.1. The van der Waals surface area contributed by atoms with E-state index < -0.39 is 0 Å². The molecule has 0 saturated carbocycles. The lowest BCUT2D eigenvalue weighted by Gasteiger charge is -2.14. The fraction of sp³-hybridized carbons (Fsp3) is 0.455. The fourth-order valence-electron chi connectivity index (χ4n) is 2.00. The van der Waals surface area contributed by atoms with E-state index in [2.05, 4.69) is 18.3 Å². The highest BCUT2D eigenvalue weighted by Crippen LogP contribution is 2.31.